The Hall–Kier alpha value is -1.94. The summed E-state index contributed by atoms with van der Waals surface area (Å²) >= 11 is 1.75. The summed E-state index contributed by atoms with van der Waals surface area (Å²) in [6.45, 7) is 0.783. The van der Waals surface area contributed by atoms with Gasteiger partial charge in [-0.2, -0.15) is 5.10 Å². The summed E-state index contributed by atoms with van der Waals surface area (Å²) in [5.74, 6) is 0. The van der Waals surface area contributed by atoms with Crippen LogP contribution in [0, 0.1) is 0 Å². The number of thioether (sulfide) groups is 1. The zero-order valence-electron chi connectivity index (χ0n) is 10.7. The van der Waals surface area contributed by atoms with Crippen molar-refractivity contribution in [2.45, 2.75) is 11.4 Å². The van der Waals surface area contributed by atoms with Crippen LogP contribution in [-0.4, -0.2) is 15.9 Å². The monoisotopic (exact) mass is 269 g/mol. The molecule has 3 nitrogen and oxygen atoms in total. The van der Waals surface area contributed by atoms with E-state index in [-0.39, 0.29) is 0 Å². The van der Waals surface area contributed by atoms with Gasteiger partial charge in [-0.05, 0) is 30.5 Å². The molecule has 0 radical (unpaired) electrons. The van der Waals surface area contributed by atoms with Gasteiger partial charge in [0.2, 0.25) is 0 Å². The summed E-state index contributed by atoms with van der Waals surface area (Å²) in [7, 11) is 0. The number of nitrogens with one attached hydrogen (secondary N) is 1. The minimum Gasteiger partial charge on any atom is -0.380 e. The minimum absolute atomic E-state index is 0.783. The van der Waals surface area contributed by atoms with Crippen molar-refractivity contribution < 1.29 is 0 Å². The molecule has 0 aliphatic rings. The Kier molecular flexibility index (Phi) is 3.42. The van der Waals surface area contributed by atoms with E-state index < -0.39 is 0 Å². The Bertz CT molecular complexity index is 690. The van der Waals surface area contributed by atoms with Crippen LogP contribution in [0.15, 0.2) is 59.8 Å². The van der Waals surface area contributed by atoms with E-state index in [9.17, 15) is 0 Å². The van der Waals surface area contributed by atoms with E-state index in [1.807, 2.05) is 29.0 Å². The normalized spacial score (nSPS) is 10.8. The molecule has 1 aromatic carbocycles. The summed E-state index contributed by atoms with van der Waals surface area (Å²) in [5.41, 5.74) is 3.53. The predicted molar refractivity (Wildman–Crippen MR) is 80.7 cm³/mol. The van der Waals surface area contributed by atoms with E-state index in [2.05, 4.69) is 47.0 Å². The van der Waals surface area contributed by atoms with Crippen LogP contribution in [-0.2, 0) is 6.54 Å². The quantitative estimate of drug-likeness (QED) is 0.733. The van der Waals surface area contributed by atoms with E-state index in [1.165, 1.54) is 16.1 Å². The highest BCUT2D eigenvalue weighted by molar-refractivity contribution is 7.98. The molecule has 96 valence electrons. The topological polar surface area (TPSA) is 29.3 Å². The first kappa shape index (κ1) is 12.1. The lowest BCUT2D eigenvalue weighted by Gasteiger charge is -2.09. The largest absolute Gasteiger partial charge is 0.380 e. The predicted octanol–water partition coefficient (Wildman–Crippen LogP) is 3.67. The van der Waals surface area contributed by atoms with Gasteiger partial charge in [0.1, 0.15) is 0 Å². The van der Waals surface area contributed by atoms with Crippen LogP contribution in [0.4, 0.5) is 5.69 Å². The SMILES string of the molecule is CSc1ccccc1NCc1cnn2ccccc12. The van der Waals surface area contributed by atoms with Crippen molar-refractivity contribution in [2.24, 2.45) is 0 Å². The first-order chi connectivity index (χ1) is 9.38. The van der Waals surface area contributed by atoms with Crippen molar-refractivity contribution in [3.63, 3.8) is 0 Å². The van der Waals surface area contributed by atoms with Crippen molar-refractivity contribution in [1.29, 1.82) is 0 Å². The minimum atomic E-state index is 0.783. The summed E-state index contributed by atoms with van der Waals surface area (Å²) < 4.78 is 1.90. The van der Waals surface area contributed by atoms with Gasteiger partial charge in [0.25, 0.3) is 0 Å². The number of hydrogen-bond donors (Lipinski definition) is 1. The second-order valence-corrected chi connectivity index (χ2v) is 5.10. The van der Waals surface area contributed by atoms with Crippen LogP contribution in [0.25, 0.3) is 5.52 Å². The van der Waals surface area contributed by atoms with Crippen molar-refractivity contribution in [3.05, 3.63) is 60.4 Å². The number of pyridine rings is 1. The standard InChI is InChI=1S/C15H15N3S/c1-19-15-8-3-2-6-13(15)16-10-12-11-17-18-9-5-4-7-14(12)18/h2-9,11,16H,10H2,1H3. The summed E-state index contributed by atoms with van der Waals surface area (Å²) in [4.78, 5) is 1.26. The van der Waals surface area contributed by atoms with Crippen LogP contribution in [0.3, 0.4) is 0 Å². The van der Waals surface area contributed by atoms with Gasteiger partial charge in [-0.1, -0.05) is 18.2 Å². The molecule has 2 heterocycles. The lowest BCUT2D eigenvalue weighted by molar-refractivity contribution is 0.961. The molecule has 0 bridgehead atoms. The number of fused-ring (bicyclic) bond motifs is 1. The number of anilines is 1. The molecule has 0 saturated carbocycles. The maximum Gasteiger partial charge on any atom is 0.0711 e. The van der Waals surface area contributed by atoms with Crippen molar-refractivity contribution >= 4 is 23.0 Å². The van der Waals surface area contributed by atoms with Gasteiger partial charge in [0.15, 0.2) is 0 Å². The van der Waals surface area contributed by atoms with E-state index in [0.29, 0.717) is 0 Å². The van der Waals surface area contributed by atoms with Gasteiger partial charge in [0, 0.05) is 28.9 Å². The summed E-state index contributed by atoms with van der Waals surface area (Å²) in [6, 6.07) is 14.5. The van der Waals surface area contributed by atoms with E-state index >= 15 is 0 Å². The Labute approximate surface area is 116 Å². The molecule has 0 aliphatic carbocycles. The van der Waals surface area contributed by atoms with E-state index in [4.69, 9.17) is 0 Å². The molecule has 0 saturated heterocycles. The smallest absolute Gasteiger partial charge is 0.0711 e. The molecule has 0 fully saturated rings. The second kappa shape index (κ2) is 5.36. The highest BCUT2D eigenvalue weighted by atomic mass is 32.2. The second-order valence-electron chi connectivity index (χ2n) is 4.25. The molecule has 4 heteroatoms. The summed E-state index contributed by atoms with van der Waals surface area (Å²) in [6.07, 6.45) is 5.98. The van der Waals surface area contributed by atoms with Gasteiger partial charge in [-0.15, -0.1) is 11.8 Å². The number of benzene rings is 1. The molecule has 3 aromatic rings. The molecular weight excluding hydrogens is 254 g/mol. The fraction of sp³-hybridized carbons (Fsp3) is 0.133. The van der Waals surface area contributed by atoms with E-state index in [1.54, 1.807) is 11.8 Å². The zero-order chi connectivity index (χ0) is 13.1. The third-order valence-corrected chi connectivity index (χ3v) is 3.88. The Balaban J connectivity index is 1.82. The molecule has 0 atom stereocenters. The Morgan fingerprint density at radius 2 is 2.00 bits per heavy atom. The summed E-state index contributed by atoms with van der Waals surface area (Å²) in [5, 5.41) is 7.83. The van der Waals surface area contributed by atoms with Gasteiger partial charge >= 0.3 is 0 Å². The van der Waals surface area contributed by atoms with Gasteiger partial charge < -0.3 is 5.32 Å². The Morgan fingerprint density at radius 3 is 2.89 bits per heavy atom. The van der Waals surface area contributed by atoms with Gasteiger partial charge in [0.05, 0.1) is 11.7 Å². The first-order valence-corrected chi connectivity index (χ1v) is 7.39. The number of rotatable bonds is 4. The van der Waals surface area contributed by atoms with Crippen molar-refractivity contribution in [2.75, 3.05) is 11.6 Å². The third-order valence-electron chi connectivity index (χ3n) is 3.08. The van der Waals surface area contributed by atoms with Crippen LogP contribution < -0.4 is 5.32 Å². The van der Waals surface area contributed by atoms with Gasteiger partial charge in [-0.3, -0.25) is 0 Å². The van der Waals surface area contributed by atoms with Crippen molar-refractivity contribution in [1.82, 2.24) is 9.61 Å². The average Bonchev–Trinajstić information content (AvgIpc) is 2.89. The molecular formula is C15H15N3S. The molecule has 0 unspecified atom stereocenters. The molecule has 2 aromatic heterocycles. The van der Waals surface area contributed by atoms with Crippen LogP contribution in [0.5, 0.6) is 0 Å². The molecule has 0 amide bonds. The maximum atomic E-state index is 4.34. The first-order valence-electron chi connectivity index (χ1n) is 6.16. The van der Waals surface area contributed by atoms with Crippen LogP contribution in [0.2, 0.25) is 0 Å². The van der Waals surface area contributed by atoms with E-state index in [0.717, 1.165) is 12.1 Å². The van der Waals surface area contributed by atoms with Crippen LogP contribution in [0.1, 0.15) is 5.56 Å². The fourth-order valence-corrected chi connectivity index (χ4v) is 2.68. The fourth-order valence-electron chi connectivity index (χ4n) is 2.10. The maximum absolute atomic E-state index is 4.34. The molecule has 1 N–H and O–H groups in total. The number of nitrogens with zero attached hydrogens (tertiary/aromatic N) is 2. The van der Waals surface area contributed by atoms with Crippen molar-refractivity contribution in [3.8, 4) is 0 Å². The average molecular weight is 269 g/mol. The molecule has 0 aliphatic heterocycles. The zero-order valence-corrected chi connectivity index (χ0v) is 11.5. The Morgan fingerprint density at radius 1 is 1.16 bits per heavy atom. The molecule has 3 rings (SSSR count). The number of para-hydroxylation sites is 1. The molecule has 0 spiro atoms. The third kappa shape index (κ3) is 2.44. The number of hydrogen-bond acceptors (Lipinski definition) is 3. The van der Waals surface area contributed by atoms with Crippen LogP contribution >= 0.6 is 11.8 Å². The van der Waals surface area contributed by atoms with Gasteiger partial charge in [-0.25, -0.2) is 4.52 Å². The molecule has 19 heavy (non-hydrogen) atoms. The lowest BCUT2D eigenvalue weighted by atomic mass is 10.2. The lowest BCUT2D eigenvalue weighted by Crippen LogP contribution is -2.00. The highest BCUT2D eigenvalue weighted by Gasteiger charge is 2.04. The number of aromatic nitrogens is 2. The highest BCUT2D eigenvalue weighted by Crippen LogP contribution is 2.25.